The summed E-state index contributed by atoms with van der Waals surface area (Å²) < 4.78 is 5.23. The number of Topliss-reactive ketones (excluding diaryl/α,β-unsaturated/α-hetero) is 1. The summed E-state index contributed by atoms with van der Waals surface area (Å²) in [6.07, 6.45) is 10.0. The van der Waals surface area contributed by atoms with Crippen molar-refractivity contribution in [2.75, 3.05) is 12.3 Å². The van der Waals surface area contributed by atoms with Gasteiger partial charge in [0.05, 0.1) is 17.9 Å². The summed E-state index contributed by atoms with van der Waals surface area (Å²) in [6, 6.07) is 5.01. The highest BCUT2D eigenvalue weighted by Gasteiger charge is 2.17. The number of nitrogens with two attached hydrogens (primary N) is 1. The van der Waals surface area contributed by atoms with E-state index in [0.29, 0.717) is 18.6 Å². The zero-order valence-corrected chi connectivity index (χ0v) is 16.7. The summed E-state index contributed by atoms with van der Waals surface area (Å²) >= 11 is 0. The molecule has 0 fully saturated rings. The number of nitrogen functional groups attached to an aromatic ring is 1. The van der Waals surface area contributed by atoms with Gasteiger partial charge in [0, 0.05) is 12.0 Å². The average molecular weight is 362 g/mol. The van der Waals surface area contributed by atoms with Gasteiger partial charge in [-0.15, -0.1) is 0 Å². The Morgan fingerprint density at radius 2 is 1.54 bits per heavy atom. The van der Waals surface area contributed by atoms with E-state index in [2.05, 4.69) is 6.92 Å². The normalized spacial score (nSPS) is 10.9. The summed E-state index contributed by atoms with van der Waals surface area (Å²) in [7, 11) is 0. The van der Waals surface area contributed by atoms with Crippen molar-refractivity contribution in [1.82, 2.24) is 0 Å². The maximum absolute atomic E-state index is 12.4. The Labute approximate surface area is 158 Å². The summed E-state index contributed by atoms with van der Waals surface area (Å²) in [4.78, 5) is 24.6. The Kier molecular flexibility index (Phi) is 10.7. The fraction of sp³-hybridized carbons (Fsp3) is 0.636. The second kappa shape index (κ2) is 12.5. The van der Waals surface area contributed by atoms with Crippen molar-refractivity contribution in [2.24, 2.45) is 5.92 Å². The van der Waals surface area contributed by atoms with Gasteiger partial charge in [-0.2, -0.15) is 0 Å². The van der Waals surface area contributed by atoms with Crippen LogP contribution < -0.4 is 5.73 Å². The first kappa shape index (κ1) is 22.2. The molecule has 0 amide bonds. The van der Waals surface area contributed by atoms with Gasteiger partial charge < -0.3 is 10.5 Å². The Morgan fingerprint density at radius 1 is 0.962 bits per heavy atom. The van der Waals surface area contributed by atoms with Crippen molar-refractivity contribution in [3.05, 3.63) is 29.3 Å². The standard InChI is InChI=1S/C22H35NO3/c1-4-5-6-7-8-9-10-11-15-20(24)18-13-12-14-19(21(18)23)22(25)26-16-17(2)3/h12-14,17H,4-11,15-16,23H2,1-3H3. The lowest BCUT2D eigenvalue weighted by Crippen LogP contribution is -2.14. The van der Waals surface area contributed by atoms with Gasteiger partial charge in [0.15, 0.2) is 5.78 Å². The van der Waals surface area contributed by atoms with E-state index < -0.39 is 5.97 Å². The van der Waals surface area contributed by atoms with Gasteiger partial charge in [0.2, 0.25) is 0 Å². The van der Waals surface area contributed by atoms with E-state index in [1.165, 1.54) is 38.5 Å². The van der Waals surface area contributed by atoms with Crippen molar-refractivity contribution in [2.45, 2.75) is 78.6 Å². The minimum absolute atomic E-state index is 0.00647. The van der Waals surface area contributed by atoms with Crippen molar-refractivity contribution >= 4 is 17.4 Å². The monoisotopic (exact) mass is 361 g/mol. The number of ketones is 1. The third kappa shape index (κ3) is 8.03. The van der Waals surface area contributed by atoms with Gasteiger partial charge in [-0.25, -0.2) is 4.79 Å². The fourth-order valence-electron chi connectivity index (χ4n) is 2.86. The molecule has 0 unspecified atom stereocenters. The molecule has 0 saturated heterocycles. The van der Waals surface area contributed by atoms with Crippen molar-refractivity contribution in [3.8, 4) is 0 Å². The Morgan fingerprint density at radius 3 is 2.15 bits per heavy atom. The number of ether oxygens (including phenoxy) is 1. The van der Waals surface area contributed by atoms with Crippen LogP contribution >= 0.6 is 0 Å². The van der Waals surface area contributed by atoms with Crippen molar-refractivity contribution in [1.29, 1.82) is 0 Å². The molecule has 0 heterocycles. The summed E-state index contributed by atoms with van der Waals surface area (Å²) in [5.41, 5.74) is 7.03. The summed E-state index contributed by atoms with van der Waals surface area (Å²) in [5, 5.41) is 0. The van der Waals surface area contributed by atoms with Gasteiger partial charge >= 0.3 is 5.97 Å². The molecule has 0 bridgehead atoms. The van der Waals surface area contributed by atoms with Crippen LogP contribution in [0.3, 0.4) is 0 Å². The van der Waals surface area contributed by atoms with Crippen LogP contribution in [0, 0.1) is 5.92 Å². The molecule has 0 aliphatic rings. The van der Waals surface area contributed by atoms with Gasteiger partial charge in [-0.3, -0.25) is 4.79 Å². The second-order valence-corrected chi connectivity index (χ2v) is 7.41. The van der Waals surface area contributed by atoms with E-state index >= 15 is 0 Å². The first-order chi connectivity index (χ1) is 12.5. The quantitative estimate of drug-likeness (QED) is 0.209. The van der Waals surface area contributed by atoms with Crippen LogP contribution in [0.15, 0.2) is 18.2 Å². The SMILES string of the molecule is CCCCCCCCCCC(=O)c1cccc(C(=O)OCC(C)C)c1N. The van der Waals surface area contributed by atoms with Crippen LogP contribution in [-0.2, 0) is 4.74 Å². The maximum atomic E-state index is 12.4. The lowest BCUT2D eigenvalue weighted by Gasteiger charge is -2.11. The third-order valence-electron chi connectivity index (χ3n) is 4.43. The number of para-hydroxylation sites is 1. The largest absolute Gasteiger partial charge is 0.462 e. The molecule has 146 valence electrons. The van der Waals surface area contributed by atoms with Gasteiger partial charge in [-0.1, -0.05) is 71.8 Å². The topological polar surface area (TPSA) is 69.4 Å². The molecule has 1 rings (SSSR count). The van der Waals surface area contributed by atoms with E-state index in [4.69, 9.17) is 10.5 Å². The van der Waals surface area contributed by atoms with E-state index in [1.54, 1.807) is 18.2 Å². The Hall–Kier alpha value is -1.84. The minimum atomic E-state index is -0.460. The molecule has 0 aromatic heterocycles. The highest BCUT2D eigenvalue weighted by Crippen LogP contribution is 2.21. The van der Waals surface area contributed by atoms with E-state index in [0.717, 1.165) is 12.8 Å². The molecule has 0 saturated carbocycles. The lowest BCUT2D eigenvalue weighted by atomic mass is 9.99. The number of rotatable bonds is 13. The van der Waals surface area contributed by atoms with Crippen LogP contribution in [0.2, 0.25) is 0 Å². The molecule has 4 heteroatoms. The third-order valence-corrected chi connectivity index (χ3v) is 4.43. The number of benzene rings is 1. The number of anilines is 1. The summed E-state index contributed by atoms with van der Waals surface area (Å²) in [6.45, 7) is 6.51. The first-order valence-corrected chi connectivity index (χ1v) is 10.1. The number of hydrogen-bond donors (Lipinski definition) is 1. The molecular weight excluding hydrogens is 326 g/mol. The molecule has 0 atom stereocenters. The van der Waals surface area contributed by atoms with Crippen LogP contribution in [0.1, 0.15) is 99.3 Å². The van der Waals surface area contributed by atoms with Crippen molar-refractivity contribution < 1.29 is 14.3 Å². The number of unbranched alkanes of at least 4 members (excludes halogenated alkanes) is 7. The van der Waals surface area contributed by atoms with E-state index in [1.807, 2.05) is 13.8 Å². The molecule has 0 aliphatic heterocycles. The number of carbonyl (C=O) groups is 2. The summed E-state index contributed by atoms with van der Waals surface area (Å²) in [5.74, 6) is -0.197. The lowest BCUT2D eigenvalue weighted by molar-refractivity contribution is 0.0460. The van der Waals surface area contributed by atoms with Gasteiger partial charge in [0.1, 0.15) is 0 Å². The van der Waals surface area contributed by atoms with Crippen LogP contribution in [0.4, 0.5) is 5.69 Å². The highest BCUT2D eigenvalue weighted by atomic mass is 16.5. The van der Waals surface area contributed by atoms with Gasteiger partial charge in [-0.05, 0) is 24.5 Å². The molecule has 0 aliphatic carbocycles. The van der Waals surface area contributed by atoms with Crippen LogP contribution in [-0.4, -0.2) is 18.4 Å². The number of carbonyl (C=O) groups excluding carboxylic acids is 2. The van der Waals surface area contributed by atoms with E-state index in [9.17, 15) is 9.59 Å². The van der Waals surface area contributed by atoms with Crippen LogP contribution in [0.25, 0.3) is 0 Å². The van der Waals surface area contributed by atoms with Crippen molar-refractivity contribution in [3.63, 3.8) is 0 Å². The smallest absolute Gasteiger partial charge is 0.340 e. The zero-order valence-electron chi connectivity index (χ0n) is 16.7. The minimum Gasteiger partial charge on any atom is -0.462 e. The van der Waals surface area contributed by atoms with E-state index in [-0.39, 0.29) is 23.0 Å². The molecule has 4 nitrogen and oxygen atoms in total. The number of esters is 1. The maximum Gasteiger partial charge on any atom is 0.340 e. The fourth-order valence-corrected chi connectivity index (χ4v) is 2.86. The molecule has 2 N–H and O–H groups in total. The Balaban J connectivity index is 2.46. The molecule has 0 spiro atoms. The number of hydrogen-bond acceptors (Lipinski definition) is 4. The first-order valence-electron chi connectivity index (χ1n) is 10.1. The zero-order chi connectivity index (χ0) is 19.4. The molecule has 26 heavy (non-hydrogen) atoms. The molecule has 1 aromatic carbocycles. The van der Waals surface area contributed by atoms with Crippen LogP contribution in [0.5, 0.6) is 0 Å². The predicted molar refractivity (Wildman–Crippen MR) is 108 cm³/mol. The highest BCUT2D eigenvalue weighted by molar-refractivity contribution is 6.06. The van der Waals surface area contributed by atoms with Gasteiger partial charge in [0.25, 0.3) is 0 Å². The second-order valence-electron chi connectivity index (χ2n) is 7.41. The molecular formula is C22H35NO3. The predicted octanol–water partition coefficient (Wildman–Crippen LogP) is 5.80. The molecule has 0 radical (unpaired) electrons. The molecule has 1 aromatic rings. The Bertz CT molecular complexity index is 567. The average Bonchev–Trinajstić information content (AvgIpc) is 2.61.